The SMILES string of the molecule is C=C(/C=C\C)c1ccc2c(-c3ccc(-c4cc(-c5ccccc5)nc(-c5cccc(-c6cccc7ccccc67)c5)n4)cc3)cccc2c1. The molecule has 0 fully saturated rings. The van der Waals surface area contributed by atoms with Crippen LogP contribution in [0.4, 0.5) is 0 Å². The summed E-state index contributed by atoms with van der Waals surface area (Å²) in [5, 5.41) is 4.87. The summed E-state index contributed by atoms with van der Waals surface area (Å²) in [7, 11) is 0. The van der Waals surface area contributed by atoms with Crippen LogP contribution in [0.5, 0.6) is 0 Å². The highest BCUT2D eigenvalue weighted by atomic mass is 14.9. The van der Waals surface area contributed by atoms with Crippen molar-refractivity contribution in [1.29, 1.82) is 0 Å². The Morgan fingerprint density at radius 3 is 1.82 bits per heavy atom. The van der Waals surface area contributed by atoms with Crippen LogP contribution in [0.1, 0.15) is 12.5 Å². The molecule has 7 aromatic carbocycles. The van der Waals surface area contributed by atoms with Gasteiger partial charge in [-0.05, 0) is 80.1 Å². The molecule has 0 amide bonds. The van der Waals surface area contributed by atoms with Crippen LogP contribution in [0.2, 0.25) is 0 Å². The average molecular weight is 627 g/mol. The Morgan fingerprint density at radius 1 is 0.469 bits per heavy atom. The van der Waals surface area contributed by atoms with Crippen molar-refractivity contribution in [2.24, 2.45) is 0 Å². The van der Waals surface area contributed by atoms with E-state index in [2.05, 4.69) is 164 Å². The van der Waals surface area contributed by atoms with E-state index in [9.17, 15) is 0 Å². The van der Waals surface area contributed by atoms with Crippen LogP contribution >= 0.6 is 0 Å². The first-order chi connectivity index (χ1) is 24.1. The van der Waals surface area contributed by atoms with Gasteiger partial charge in [0.15, 0.2) is 5.82 Å². The summed E-state index contributed by atoms with van der Waals surface area (Å²) in [5.41, 5.74) is 11.7. The molecule has 0 N–H and O–H groups in total. The van der Waals surface area contributed by atoms with Gasteiger partial charge in [0.05, 0.1) is 11.4 Å². The Labute approximate surface area is 287 Å². The summed E-state index contributed by atoms with van der Waals surface area (Å²) in [6.07, 6.45) is 4.07. The minimum atomic E-state index is 0.701. The van der Waals surface area contributed by atoms with Crippen molar-refractivity contribution in [2.75, 3.05) is 0 Å². The Morgan fingerprint density at radius 2 is 1.04 bits per heavy atom. The van der Waals surface area contributed by atoms with E-state index >= 15 is 0 Å². The highest BCUT2D eigenvalue weighted by Crippen LogP contribution is 2.35. The van der Waals surface area contributed by atoms with Crippen molar-refractivity contribution < 1.29 is 0 Å². The Hall–Kier alpha value is -6.38. The monoisotopic (exact) mass is 626 g/mol. The molecular weight excluding hydrogens is 593 g/mol. The summed E-state index contributed by atoms with van der Waals surface area (Å²) in [6.45, 7) is 6.24. The molecule has 0 bridgehead atoms. The summed E-state index contributed by atoms with van der Waals surface area (Å²) in [5.74, 6) is 0.701. The lowest BCUT2D eigenvalue weighted by molar-refractivity contribution is 1.18. The van der Waals surface area contributed by atoms with Gasteiger partial charge in [-0.2, -0.15) is 0 Å². The predicted molar refractivity (Wildman–Crippen MR) is 208 cm³/mol. The molecule has 0 aliphatic heterocycles. The van der Waals surface area contributed by atoms with Gasteiger partial charge >= 0.3 is 0 Å². The van der Waals surface area contributed by atoms with Gasteiger partial charge in [0.1, 0.15) is 0 Å². The molecular formula is C47H34N2. The second-order valence-corrected chi connectivity index (χ2v) is 12.3. The predicted octanol–water partition coefficient (Wildman–Crippen LogP) is 12.7. The molecule has 232 valence electrons. The molecule has 49 heavy (non-hydrogen) atoms. The number of nitrogens with zero attached hydrogens (tertiary/aromatic N) is 2. The van der Waals surface area contributed by atoms with E-state index in [1.54, 1.807) is 0 Å². The van der Waals surface area contributed by atoms with Gasteiger partial charge in [0, 0.05) is 16.7 Å². The van der Waals surface area contributed by atoms with Crippen LogP contribution in [-0.4, -0.2) is 9.97 Å². The summed E-state index contributed by atoms with van der Waals surface area (Å²) in [4.78, 5) is 10.3. The number of rotatable bonds is 7. The lowest BCUT2D eigenvalue weighted by Gasteiger charge is -2.12. The van der Waals surface area contributed by atoms with E-state index in [0.29, 0.717) is 5.82 Å². The molecule has 0 atom stereocenters. The van der Waals surface area contributed by atoms with E-state index in [0.717, 1.165) is 50.3 Å². The maximum atomic E-state index is 5.17. The number of hydrogen-bond acceptors (Lipinski definition) is 2. The molecule has 0 saturated carbocycles. The average Bonchev–Trinajstić information content (AvgIpc) is 3.17. The van der Waals surface area contributed by atoms with Crippen molar-refractivity contribution in [2.45, 2.75) is 6.92 Å². The molecule has 8 rings (SSSR count). The zero-order valence-corrected chi connectivity index (χ0v) is 27.3. The van der Waals surface area contributed by atoms with Gasteiger partial charge < -0.3 is 0 Å². The third-order valence-electron chi connectivity index (χ3n) is 9.13. The third kappa shape index (κ3) is 5.97. The summed E-state index contributed by atoms with van der Waals surface area (Å²) < 4.78 is 0. The molecule has 8 aromatic rings. The topological polar surface area (TPSA) is 25.8 Å². The fourth-order valence-electron chi connectivity index (χ4n) is 6.64. The van der Waals surface area contributed by atoms with E-state index in [4.69, 9.17) is 9.97 Å². The maximum Gasteiger partial charge on any atom is 0.160 e. The van der Waals surface area contributed by atoms with E-state index in [1.165, 1.54) is 32.7 Å². The molecule has 1 aromatic heterocycles. The first kappa shape index (κ1) is 30.0. The number of benzene rings is 7. The molecule has 2 heteroatoms. The Balaban J connectivity index is 1.20. The van der Waals surface area contributed by atoms with E-state index in [1.807, 2.05) is 25.1 Å². The standard InChI is InChI=1S/C47H34N2/c1-3-12-32(2)37-27-28-44-38(29-37)18-11-21-42(44)34-23-25-36(26-24-34)46-31-45(35-14-5-4-6-15-35)48-47(49-46)40-19-9-17-39(30-40)43-22-10-16-33-13-7-8-20-41(33)43/h3-31H,2H2,1H3/b12-3-. The van der Waals surface area contributed by atoms with Crippen molar-refractivity contribution >= 4 is 27.1 Å². The van der Waals surface area contributed by atoms with Gasteiger partial charge in [-0.25, -0.2) is 9.97 Å². The smallest absolute Gasteiger partial charge is 0.160 e. The van der Waals surface area contributed by atoms with Crippen LogP contribution in [0, 0.1) is 0 Å². The molecule has 0 aliphatic rings. The zero-order valence-electron chi connectivity index (χ0n) is 27.3. The fourth-order valence-corrected chi connectivity index (χ4v) is 6.64. The lowest BCUT2D eigenvalue weighted by Crippen LogP contribution is -1.96. The maximum absolute atomic E-state index is 5.17. The van der Waals surface area contributed by atoms with Crippen LogP contribution < -0.4 is 0 Å². The lowest BCUT2D eigenvalue weighted by atomic mass is 9.94. The van der Waals surface area contributed by atoms with Crippen molar-refractivity contribution in [3.05, 3.63) is 188 Å². The van der Waals surface area contributed by atoms with Gasteiger partial charge in [0.2, 0.25) is 0 Å². The molecule has 1 heterocycles. The zero-order chi connectivity index (χ0) is 33.2. The fraction of sp³-hybridized carbons (Fsp3) is 0.0213. The first-order valence-electron chi connectivity index (χ1n) is 16.6. The van der Waals surface area contributed by atoms with Crippen LogP contribution in [-0.2, 0) is 0 Å². The quantitative estimate of drug-likeness (QED) is 0.165. The largest absolute Gasteiger partial charge is 0.228 e. The van der Waals surface area contributed by atoms with Gasteiger partial charge in [0.25, 0.3) is 0 Å². The Kier molecular flexibility index (Phi) is 7.97. The van der Waals surface area contributed by atoms with Crippen molar-refractivity contribution in [1.82, 2.24) is 9.97 Å². The molecule has 0 radical (unpaired) electrons. The van der Waals surface area contributed by atoms with E-state index < -0.39 is 0 Å². The molecule has 0 spiro atoms. The normalized spacial score (nSPS) is 11.4. The molecule has 0 saturated heterocycles. The first-order valence-corrected chi connectivity index (χ1v) is 16.6. The molecule has 0 aliphatic carbocycles. The summed E-state index contributed by atoms with van der Waals surface area (Å²) in [6, 6.07) is 57.8. The van der Waals surface area contributed by atoms with Crippen molar-refractivity contribution in [3.8, 4) is 56.2 Å². The number of hydrogen-bond donors (Lipinski definition) is 0. The second kappa shape index (κ2) is 13.0. The minimum Gasteiger partial charge on any atom is -0.228 e. The minimum absolute atomic E-state index is 0.701. The Bertz CT molecular complexity index is 2500. The second-order valence-electron chi connectivity index (χ2n) is 12.3. The van der Waals surface area contributed by atoms with Crippen molar-refractivity contribution in [3.63, 3.8) is 0 Å². The summed E-state index contributed by atoms with van der Waals surface area (Å²) >= 11 is 0. The van der Waals surface area contributed by atoms with Gasteiger partial charge in [-0.15, -0.1) is 0 Å². The molecule has 2 nitrogen and oxygen atoms in total. The van der Waals surface area contributed by atoms with Crippen LogP contribution in [0.15, 0.2) is 183 Å². The van der Waals surface area contributed by atoms with Gasteiger partial charge in [-0.1, -0.05) is 164 Å². The van der Waals surface area contributed by atoms with Crippen LogP contribution in [0.25, 0.3) is 83.3 Å². The number of allylic oxidation sites excluding steroid dienone is 3. The van der Waals surface area contributed by atoms with Gasteiger partial charge in [-0.3, -0.25) is 0 Å². The van der Waals surface area contributed by atoms with Crippen LogP contribution in [0.3, 0.4) is 0 Å². The third-order valence-corrected chi connectivity index (χ3v) is 9.13. The highest BCUT2D eigenvalue weighted by Gasteiger charge is 2.13. The number of aromatic nitrogens is 2. The molecule has 0 unspecified atom stereocenters. The highest BCUT2D eigenvalue weighted by molar-refractivity contribution is 5.99. The number of fused-ring (bicyclic) bond motifs is 2. The van der Waals surface area contributed by atoms with E-state index in [-0.39, 0.29) is 0 Å².